The van der Waals surface area contributed by atoms with Crippen molar-refractivity contribution in [2.24, 2.45) is 11.5 Å². The topological polar surface area (TPSA) is 75.5 Å². The van der Waals surface area contributed by atoms with E-state index in [-0.39, 0.29) is 0 Å². The minimum Gasteiger partial charge on any atom is -0.508 e. The Kier molecular flexibility index (Phi) is 5.10. The molecule has 0 heterocycles. The Hall–Kier alpha value is -1.10. The summed E-state index contributed by atoms with van der Waals surface area (Å²) in [6.45, 7) is 3.50. The van der Waals surface area contributed by atoms with Gasteiger partial charge in [-0.2, -0.15) is 0 Å². The van der Waals surface area contributed by atoms with Gasteiger partial charge in [-0.3, -0.25) is 4.90 Å². The van der Waals surface area contributed by atoms with Gasteiger partial charge in [-0.15, -0.1) is 0 Å². The lowest BCUT2D eigenvalue weighted by molar-refractivity contribution is 0.276. The largest absolute Gasteiger partial charge is 0.508 e. The number of para-hydroxylation sites is 1. The zero-order valence-corrected chi connectivity index (χ0v) is 8.89. The summed E-state index contributed by atoms with van der Waals surface area (Å²) in [5.41, 5.74) is 11.9. The molecule has 0 saturated carbocycles. The SMILES string of the molecule is NCCN(CCN)Cc1ccccc1O. The van der Waals surface area contributed by atoms with E-state index in [2.05, 4.69) is 4.90 Å². The monoisotopic (exact) mass is 209 g/mol. The molecule has 84 valence electrons. The van der Waals surface area contributed by atoms with Gasteiger partial charge >= 0.3 is 0 Å². The number of hydrogen-bond acceptors (Lipinski definition) is 4. The maximum Gasteiger partial charge on any atom is 0.120 e. The zero-order valence-electron chi connectivity index (χ0n) is 8.89. The van der Waals surface area contributed by atoms with Gasteiger partial charge in [-0.1, -0.05) is 18.2 Å². The summed E-state index contributed by atoms with van der Waals surface area (Å²) in [6.07, 6.45) is 0. The van der Waals surface area contributed by atoms with Crippen LogP contribution in [0.5, 0.6) is 5.75 Å². The smallest absolute Gasteiger partial charge is 0.120 e. The van der Waals surface area contributed by atoms with Gasteiger partial charge in [0.05, 0.1) is 0 Å². The van der Waals surface area contributed by atoms with Crippen LogP contribution in [-0.4, -0.2) is 36.2 Å². The van der Waals surface area contributed by atoms with Crippen LogP contribution in [0.3, 0.4) is 0 Å². The second-order valence-electron chi connectivity index (χ2n) is 3.48. The predicted octanol–water partition coefficient (Wildman–Crippen LogP) is 0.112. The van der Waals surface area contributed by atoms with Crippen molar-refractivity contribution in [3.8, 4) is 5.75 Å². The molecule has 0 fully saturated rings. The standard InChI is InChI=1S/C11H19N3O/c12-5-7-14(8-6-13)9-10-3-1-2-4-11(10)15/h1-4,15H,5-9,12-13H2. The van der Waals surface area contributed by atoms with Gasteiger partial charge < -0.3 is 16.6 Å². The van der Waals surface area contributed by atoms with Crippen LogP contribution in [0, 0.1) is 0 Å². The third-order valence-corrected chi connectivity index (χ3v) is 2.28. The molecule has 0 saturated heterocycles. The van der Waals surface area contributed by atoms with E-state index in [1.165, 1.54) is 0 Å². The van der Waals surface area contributed by atoms with E-state index in [1.807, 2.05) is 18.2 Å². The molecule has 0 atom stereocenters. The Labute approximate surface area is 90.5 Å². The van der Waals surface area contributed by atoms with E-state index in [0.717, 1.165) is 18.7 Å². The number of aromatic hydroxyl groups is 1. The van der Waals surface area contributed by atoms with E-state index in [0.29, 0.717) is 25.4 Å². The molecule has 1 aromatic carbocycles. The van der Waals surface area contributed by atoms with Crippen molar-refractivity contribution in [1.29, 1.82) is 0 Å². The fourth-order valence-corrected chi connectivity index (χ4v) is 1.52. The Morgan fingerprint density at radius 1 is 1.07 bits per heavy atom. The van der Waals surface area contributed by atoms with Gasteiger partial charge in [0.2, 0.25) is 0 Å². The van der Waals surface area contributed by atoms with E-state index in [1.54, 1.807) is 6.07 Å². The molecule has 1 aromatic rings. The molecule has 1 rings (SSSR count). The number of phenols is 1. The summed E-state index contributed by atoms with van der Waals surface area (Å²) in [4.78, 5) is 2.13. The summed E-state index contributed by atoms with van der Waals surface area (Å²) >= 11 is 0. The minimum atomic E-state index is 0.330. The highest BCUT2D eigenvalue weighted by Crippen LogP contribution is 2.17. The van der Waals surface area contributed by atoms with Crippen LogP contribution in [0.15, 0.2) is 24.3 Å². The summed E-state index contributed by atoms with van der Waals surface area (Å²) in [6, 6.07) is 7.33. The van der Waals surface area contributed by atoms with Gasteiger partial charge in [-0.25, -0.2) is 0 Å². The molecule has 0 spiro atoms. The Balaban J connectivity index is 2.60. The van der Waals surface area contributed by atoms with E-state index < -0.39 is 0 Å². The molecule has 15 heavy (non-hydrogen) atoms. The fraction of sp³-hybridized carbons (Fsp3) is 0.455. The lowest BCUT2D eigenvalue weighted by Crippen LogP contribution is -2.33. The van der Waals surface area contributed by atoms with Gasteiger partial charge in [0, 0.05) is 38.3 Å². The third kappa shape index (κ3) is 3.87. The van der Waals surface area contributed by atoms with Gasteiger partial charge in [0.15, 0.2) is 0 Å². The average Bonchev–Trinajstić information content (AvgIpc) is 2.22. The highest BCUT2D eigenvalue weighted by atomic mass is 16.3. The Bertz CT molecular complexity index is 285. The van der Waals surface area contributed by atoms with Crippen LogP contribution >= 0.6 is 0 Å². The van der Waals surface area contributed by atoms with Crippen LogP contribution in [0.1, 0.15) is 5.56 Å². The first-order valence-corrected chi connectivity index (χ1v) is 5.17. The quantitative estimate of drug-likeness (QED) is 0.621. The highest BCUT2D eigenvalue weighted by Gasteiger charge is 2.06. The van der Waals surface area contributed by atoms with E-state index >= 15 is 0 Å². The minimum absolute atomic E-state index is 0.330. The van der Waals surface area contributed by atoms with Crippen molar-refractivity contribution in [3.05, 3.63) is 29.8 Å². The molecule has 0 unspecified atom stereocenters. The van der Waals surface area contributed by atoms with E-state index in [9.17, 15) is 5.11 Å². The number of nitrogens with two attached hydrogens (primary N) is 2. The first kappa shape index (κ1) is 12.0. The first-order chi connectivity index (χ1) is 7.27. The van der Waals surface area contributed by atoms with Gasteiger partial charge in [-0.05, 0) is 6.07 Å². The van der Waals surface area contributed by atoms with Crippen molar-refractivity contribution in [3.63, 3.8) is 0 Å². The Morgan fingerprint density at radius 2 is 1.67 bits per heavy atom. The molecule has 0 aliphatic heterocycles. The molecule has 0 radical (unpaired) electrons. The lowest BCUT2D eigenvalue weighted by atomic mass is 10.2. The van der Waals surface area contributed by atoms with Crippen LogP contribution in [0.25, 0.3) is 0 Å². The summed E-state index contributed by atoms with van der Waals surface area (Å²) in [7, 11) is 0. The summed E-state index contributed by atoms with van der Waals surface area (Å²) < 4.78 is 0. The van der Waals surface area contributed by atoms with Crippen LogP contribution in [-0.2, 0) is 6.54 Å². The van der Waals surface area contributed by atoms with Gasteiger partial charge in [0.1, 0.15) is 5.75 Å². The molecule has 0 aliphatic rings. The number of nitrogens with zero attached hydrogens (tertiary/aromatic N) is 1. The van der Waals surface area contributed by atoms with Crippen LogP contribution in [0.2, 0.25) is 0 Å². The molecule has 0 aromatic heterocycles. The molecule has 5 N–H and O–H groups in total. The molecular formula is C11H19N3O. The maximum absolute atomic E-state index is 9.61. The predicted molar refractivity (Wildman–Crippen MR) is 61.5 cm³/mol. The van der Waals surface area contributed by atoms with Crippen LogP contribution < -0.4 is 11.5 Å². The van der Waals surface area contributed by atoms with Crippen molar-refractivity contribution in [2.45, 2.75) is 6.54 Å². The number of benzene rings is 1. The average molecular weight is 209 g/mol. The molecular weight excluding hydrogens is 190 g/mol. The first-order valence-electron chi connectivity index (χ1n) is 5.17. The summed E-state index contributed by atoms with van der Waals surface area (Å²) in [5.74, 6) is 0.330. The molecule has 4 nitrogen and oxygen atoms in total. The lowest BCUT2D eigenvalue weighted by Gasteiger charge is -2.21. The van der Waals surface area contributed by atoms with Crippen molar-refractivity contribution >= 4 is 0 Å². The van der Waals surface area contributed by atoms with Gasteiger partial charge in [0.25, 0.3) is 0 Å². The van der Waals surface area contributed by atoms with Crippen molar-refractivity contribution < 1.29 is 5.11 Å². The number of rotatable bonds is 6. The number of phenolic OH excluding ortho intramolecular Hbond substituents is 1. The molecule has 4 heteroatoms. The van der Waals surface area contributed by atoms with Crippen molar-refractivity contribution in [2.75, 3.05) is 26.2 Å². The summed E-state index contributed by atoms with van der Waals surface area (Å²) in [5, 5.41) is 9.61. The third-order valence-electron chi connectivity index (χ3n) is 2.28. The fourth-order valence-electron chi connectivity index (χ4n) is 1.52. The second-order valence-corrected chi connectivity index (χ2v) is 3.48. The number of hydrogen-bond donors (Lipinski definition) is 3. The highest BCUT2D eigenvalue weighted by molar-refractivity contribution is 5.31. The molecule has 0 bridgehead atoms. The van der Waals surface area contributed by atoms with Crippen LogP contribution in [0.4, 0.5) is 0 Å². The second kappa shape index (κ2) is 6.40. The normalized spacial score (nSPS) is 10.9. The Morgan fingerprint density at radius 3 is 2.20 bits per heavy atom. The molecule has 0 aliphatic carbocycles. The zero-order chi connectivity index (χ0) is 11.1. The maximum atomic E-state index is 9.61. The van der Waals surface area contributed by atoms with E-state index in [4.69, 9.17) is 11.5 Å². The van der Waals surface area contributed by atoms with Crippen molar-refractivity contribution in [1.82, 2.24) is 4.90 Å². The molecule has 0 amide bonds.